The molecule has 22 heavy (non-hydrogen) atoms. The fraction of sp³-hybridized carbons (Fsp3) is 0.375. The lowest BCUT2D eigenvalue weighted by Gasteiger charge is -2.24. The van der Waals surface area contributed by atoms with Gasteiger partial charge in [0.25, 0.3) is 0 Å². The zero-order valence-electron chi connectivity index (χ0n) is 12.6. The number of hydrogen-bond acceptors (Lipinski definition) is 5. The summed E-state index contributed by atoms with van der Waals surface area (Å²) in [6, 6.07) is 3.78. The molecule has 1 N–H and O–H groups in total. The number of anilines is 1. The molecule has 6 nitrogen and oxygen atoms in total. The number of rotatable bonds is 4. The molecule has 3 rings (SSSR count). The summed E-state index contributed by atoms with van der Waals surface area (Å²) in [5.74, 6) is 0.858. The molecule has 3 heterocycles. The maximum absolute atomic E-state index is 12.6. The highest BCUT2D eigenvalue weighted by Gasteiger charge is 2.31. The summed E-state index contributed by atoms with van der Waals surface area (Å²) >= 11 is 0. The standard InChI is InChI=1S/C16H19N5O/c1-17-15-11-19-10-13(20-15)14-3-2-8-21(14)16(22)9-12-4-6-18-7-5-12/h4-7,10-11,14H,2-3,8-9H2,1H3,(H,17,20)/t14-/m0/s1. The Kier molecular flexibility index (Phi) is 4.27. The lowest BCUT2D eigenvalue weighted by Crippen LogP contribution is -2.32. The van der Waals surface area contributed by atoms with Crippen molar-refractivity contribution in [1.29, 1.82) is 0 Å². The van der Waals surface area contributed by atoms with Gasteiger partial charge in [0.1, 0.15) is 5.82 Å². The molecule has 2 aromatic heterocycles. The molecular weight excluding hydrogens is 278 g/mol. The Hall–Kier alpha value is -2.50. The van der Waals surface area contributed by atoms with Crippen LogP contribution in [0.2, 0.25) is 0 Å². The Morgan fingerprint density at radius 3 is 2.91 bits per heavy atom. The van der Waals surface area contributed by atoms with Crippen LogP contribution in [0, 0.1) is 0 Å². The van der Waals surface area contributed by atoms with Crippen molar-refractivity contribution in [2.75, 3.05) is 18.9 Å². The average Bonchev–Trinajstić information content (AvgIpc) is 3.05. The molecule has 2 aromatic rings. The molecule has 0 saturated carbocycles. The Labute approximate surface area is 129 Å². The number of pyridine rings is 1. The normalized spacial score (nSPS) is 17.5. The number of carbonyl (C=O) groups excluding carboxylic acids is 1. The third kappa shape index (κ3) is 3.05. The van der Waals surface area contributed by atoms with Crippen LogP contribution >= 0.6 is 0 Å². The van der Waals surface area contributed by atoms with Crippen molar-refractivity contribution in [3.05, 3.63) is 48.2 Å². The van der Waals surface area contributed by atoms with Gasteiger partial charge in [-0.1, -0.05) is 0 Å². The van der Waals surface area contributed by atoms with Gasteiger partial charge in [0.05, 0.1) is 30.6 Å². The van der Waals surface area contributed by atoms with Gasteiger partial charge in [-0.05, 0) is 30.5 Å². The van der Waals surface area contributed by atoms with Crippen molar-refractivity contribution in [2.24, 2.45) is 0 Å². The first-order valence-corrected chi connectivity index (χ1v) is 7.46. The SMILES string of the molecule is CNc1cncc([C@@H]2CCCN2C(=O)Cc2ccncc2)n1. The molecule has 0 spiro atoms. The predicted molar refractivity (Wildman–Crippen MR) is 83.2 cm³/mol. The molecule has 0 aromatic carbocycles. The van der Waals surface area contributed by atoms with Gasteiger partial charge in [0, 0.05) is 26.0 Å². The van der Waals surface area contributed by atoms with Crippen molar-refractivity contribution < 1.29 is 4.79 Å². The van der Waals surface area contributed by atoms with E-state index in [-0.39, 0.29) is 11.9 Å². The Bertz CT molecular complexity index is 646. The van der Waals surface area contributed by atoms with E-state index in [0.717, 1.165) is 36.5 Å². The summed E-state index contributed by atoms with van der Waals surface area (Å²) < 4.78 is 0. The maximum Gasteiger partial charge on any atom is 0.227 e. The molecule has 114 valence electrons. The fourth-order valence-electron chi connectivity index (χ4n) is 2.81. The van der Waals surface area contributed by atoms with Gasteiger partial charge in [-0.2, -0.15) is 0 Å². The van der Waals surface area contributed by atoms with E-state index in [1.807, 2.05) is 24.1 Å². The summed E-state index contributed by atoms with van der Waals surface area (Å²) in [4.78, 5) is 27.2. The van der Waals surface area contributed by atoms with E-state index in [1.54, 1.807) is 24.8 Å². The first-order chi connectivity index (χ1) is 10.8. The molecule has 1 aliphatic rings. The topological polar surface area (TPSA) is 71.0 Å². The second kappa shape index (κ2) is 6.51. The maximum atomic E-state index is 12.6. The molecule has 0 unspecified atom stereocenters. The highest BCUT2D eigenvalue weighted by Crippen LogP contribution is 2.31. The number of hydrogen-bond donors (Lipinski definition) is 1. The largest absolute Gasteiger partial charge is 0.372 e. The number of amides is 1. The third-order valence-electron chi connectivity index (χ3n) is 3.93. The van der Waals surface area contributed by atoms with E-state index in [4.69, 9.17) is 0 Å². The lowest BCUT2D eigenvalue weighted by molar-refractivity contribution is -0.131. The van der Waals surface area contributed by atoms with Gasteiger partial charge in [-0.15, -0.1) is 0 Å². The molecule has 1 amide bonds. The molecule has 1 aliphatic heterocycles. The summed E-state index contributed by atoms with van der Waals surface area (Å²) in [5.41, 5.74) is 1.84. The average molecular weight is 297 g/mol. The van der Waals surface area contributed by atoms with Crippen LogP contribution < -0.4 is 5.32 Å². The second-order valence-corrected chi connectivity index (χ2v) is 5.36. The molecule has 6 heteroatoms. The molecule has 1 atom stereocenters. The molecule has 0 aliphatic carbocycles. The van der Waals surface area contributed by atoms with Crippen LogP contribution in [0.3, 0.4) is 0 Å². The lowest BCUT2D eigenvalue weighted by atomic mass is 10.1. The smallest absolute Gasteiger partial charge is 0.227 e. The van der Waals surface area contributed by atoms with E-state index in [0.29, 0.717) is 6.42 Å². The zero-order chi connectivity index (χ0) is 15.4. The van der Waals surface area contributed by atoms with E-state index >= 15 is 0 Å². The second-order valence-electron chi connectivity index (χ2n) is 5.36. The molecule has 0 bridgehead atoms. The Morgan fingerprint density at radius 1 is 1.32 bits per heavy atom. The van der Waals surface area contributed by atoms with Gasteiger partial charge in [0.2, 0.25) is 5.91 Å². The molecule has 1 fully saturated rings. The van der Waals surface area contributed by atoms with Crippen LogP contribution in [0.25, 0.3) is 0 Å². The molecular formula is C16H19N5O. The van der Waals surface area contributed by atoms with Crippen LogP contribution in [0.15, 0.2) is 36.9 Å². The summed E-state index contributed by atoms with van der Waals surface area (Å²) in [6.45, 7) is 0.778. The van der Waals surface area contributed by atoms with Crippen molar-refractivity contribution in [1.82, 2.24) is 19.9 Å². The monoisotopic (exact) mass is 297 g/mol. The van der Waals surface area contributed by atoms with Gasteiger partial charge in [-0.25, -0.2) is 4.98 Å². The van der Waals surface area contributed by atoms with Crippen LogP contribution in [-0.4, -0.2) is 39.4 Å². The van der Waals surface area contributed by atoms with Crippen LogP contribution in [0.1, 0.15) is 30.1 Å². The van der Waals surface area contributed by atoms with Crippen LogP contribution in [-0.2, 0) is 11.2 Å². The van der Waals surface area contributed by atoms with E-state index in [9.17, 15) is 4.79 Å². The van der Waals surface area contributed by atoms with E-state index in [2.05, 4.69) is 20.3 Å². The first kappa shape index (κ1) is 14.4. The Morgan fingerprint density at radius 2 is 2.14 bits per heavy atom. The summed E-state index contributed by atoms with van der Waals surface area (Å²) in [5, 5.41) is 2.99. The number of carbonyl (C=O) groups is 1. The van der Waals surface area contributed by atoms with E-state index < -0.39 is 0 Å². The fourth-order valence-corrected chi connectivity index (χ4v) is 2.81. The molecule has 0 radical (unpaired) electrons. The minimum absolute atomic E-state index is 0.0233. The van der Waals surface area contributed by atoms with E-state index in [1.165, 1.54) is 0 Å². The van der Waals surface area contributed by atoms with Crippen molar-refractivity contribution in [3.8, 4) is 0 Å². The summed E-state index contributed by atoms with van der Waals surface area (Å²) in [7, 11) is 1.81. The van der Waals surface area contributed by atoms with Crippen molar-refractivity contribution in [2.45, 2.75) is 25.3 Å². The minimum Gasteiger partial charge on any atom is -0.372 e. The van der Waals surface area contributed by atoms with Crippen molar-refractivity contribution in [3.63, 3.8) is 0 Å². The zero-order valence-corrected chi connectivity index (χ0v) is 12.6. The van der Waals surface area contributed by atoms with Crippen LogP contribution in [0.4, 0.5) is 5.82 Å². The summed E-state index contributed by atoms with van der Waals surface area (Å²) in [6.07, 6.45) is 9.20. The van der Waals surface area contributed by atoms with Crippen LogP contribution in [0.5, 0.6) is 0 Å². The molecule has 1 saturated heterocycles. The van der Waals surface area contributed by atoms with Gasteiger partial charge >= 0.3 is 0 Å². The van der Waals surface area contributed by atoms with Gasteiger partial charge < -0.3 is 10.2 Å². The minimum atomic E-state index is 0.0233. The highest BCUT2D eigenvalue weighted by atomic mass is 16.2. The Balaban J connectivity index is 1.76. The number of likely N-dealkylation sites (tertiary alicyclic amines) is 1. The predicted octanol–water partition coefficient (Wildman–Crippen LogP) is 1.82. The van der Waals surface area contributed by atoms with Gasteiger partial charge in [0.15, 0.2) is 0 Å². The number of nitrogens with one attached hydrogen (secondary N) is 1. The van der Waals surface area contributed by atoms with Crippen molar-refractivity contribution >= 4 is 11.7 Å². The first-order valence-electron chi connectivity index (χ1n) is 7.46. The number of aromatic nitrogens is 3. The van der Waals surface area contributed by atoms with Gasteiger partial charge in [-0.3, -0.25) is 14.8 Å². The third-order valence-corrected chi connectivity index (χ3v) is 3.93. The number of nitrogens with zero attached hydrogens (tertiary/aromatic N) is 4. The quantitative estimate of drug-likeness (QED) is 0.932. The highest BCUT2D eigenvalue weighted by molar-refractivity contribution is 5.79.